The summed E-state index contributed by atoms with van der Waals surface area (Å²) in [6, 6.07) is 9.63. The largest absolute Gasteiger partial charge is 0.368 e. The smallest absolute Gasteiger partial charge is 0.222 e. The average molecular weight is 364 g/mol. The predicted octanol–water partition coefficient (Wildman–Crippen LogP) is 1.84. The molecule has 0 atom stereocenters. The van der Waals surface area contributed by atoms with Gasteiger partial charge in [0.25, 0.3) is 0 Å². The van der Waals surface area contributed by atoms with Crippen molar-refractivity contribution in [1.82, 2.24) is 19.9 Å². The molecule has 7 heteroatoms. The number of hydrogen-bond acceptors (Lipinski definition) is 6. The Hall–Kier alpha value is -2.93. The SMILES string of the molecule is Cc1ccc2[nH]c(CN3CCN(c4cc(C)nc(N)n4)CC3)cc(=O)c2c1. The number of nitrogens with two attached hydrogens (primary N) is 1. The number of H-pyrrole nitrogens is 1. The molecule has 1 aliphatic rings. The maximum atomic E-state index is 12.4. The van der Waals surface area contributed by atoms with Crippen LogP contribution in [0.15, 0.2) is 35.1 Å². The molecule has 7 nitrogen and oxygen atoms in total. The van der Waals surface area contributed by atoms with Crippen molar-refractivity contribution in [1.29, 1.82) is 0 Å². The van der Waals surface area contributed by atoms with E-state index < -0.39 is 0 Å². The van der Waals surface area contributed by atoms with E-state index in [1.807, 2.05) is 38.1 Å². The molecule has 140 valence electrons. The third-order valence-corrected chi connectivity index (χ3v) is 4.99. The quantitative estimate of drug-likeness (QED) is 0.737. The van der Waals surface area contributed by atoms with Gasteiger partial charge in [-0.05, 0) is 26.0 Å². The second kappa shape index (κ2) is 7.00. The summed E-state index contributed by atoms with van der Waals surface area (Å²) in [6.45, 7) is 8.19. The van der Waals surface area contributed by atoms with Crippen molar-refractivity contribution in [2.24, 2.45) is 0 Å². The lowest BCUT2D eigenvalue weighted by Crippen LogP contribution is -2.46. The molecule has 0 amide bonds. The van der Waals surface area contributed by atoms with Crippen LogP contribution in [-0.4, -0.2) is 46.0 Å². The molecule has 4 rings (SSSR count). The molecule has 1 saturated heterocycles. The number of anilines is 2. The Morgan fingerprint density at radius 3 is 2.59 bits per heavy atom. The van der Waals surface area contributed by atoms with Crippen LogP contribution in [0.1, 0.15) is 17.0 Å². The maximum absolute atomic E-state index is 12.4. The first-order valence-electron chi connectivity index (χ1n) is 9.19. The predicted molar refractivity (Wildman–Crippen MR) is 108 cm³/mol. The van der Waals surface area contributed by atoms with E-state index in [1.54, 1.807) is 6.07 Å². The third kappa shape index (κ3) is 3.78. The van der Waals surface area contributed by atoms with Gasteiger partial charge in [-0.15, -0.1) is 0 Å². The summed E-state index contributed by atoms with van der Waals surface area (Å²) in [4.78, 5) is 28.9. The summed E-state index contributed by atoms with van der Waals surface area (Å²) in [5, 5.41) is 0.750. The number of hydrogen-bond donors (Lipinski definition) is 2. The van der Waals surface area contributed by atoms with Gasteiger partial charge in [0, 0.05) is 67.1 Å². The number of nitrogens with one attached hydrogen (secondary N) is 1. The minimum absolute atomic E-state index is 0.0769. The lowest BCUT2D eigenvalue weighted by atomic mass is 10.1. The van der Waals surface area contributed by atoms with Crippen LogP contribution in [-0.2, 0) is 6.54 Å². The molecule has 2 aromatic heterocycles. The van der Waals surface area contributed by atoms with E-state index in [1.165, 1.54) is 0 Å². The van der Waals surface area contributed by atoms with Gasteiger partial charge >= 0.3 is 0 Å². The number of rotatable bonds is 3. The fraction of sp³-hybridized carbons (Fsp3) is 0.350. The van der Waals surface area contributed by atoms with Gasteiger partial charge in [0.05, 0.1) is 0 Å². The van der Waals surface area contributed by atoms with Crippen LogP contribution in [0.5, 0.6) is 0 Å². The molecule has 3 heterocycles. The summed E-state index contributed by atoms with van der Waals surface area (Å²) < 4.78 is 0. The zero-order chi connectivity index (χ0) is 19.0. The number of fused-ring (bicyclic) bond motifs is 1. The fourth-order valence-corrected chi connectivity index (χ4v) is 3.61. The summed E-state index contributed by atoms with van der Waals surface area (Å²) >= 11 is 0. The van der Waals surface area contributed by atoms with Gasteiger partial charge in [-0.2, -0.15) is 4.98 Å². The minimum Gasteiger partial charge on any atom is -0.368 e. The van der Waals surface area contributed by atoms with Crippen LogP contribution >= 0.6 is 0 Å². The van der Waals surface area contributed by atoms with Gasteiger partial charge in [0.1, 0.15) is 5.82 Å². The van der Waals surface area contributed by atoms with Gasteiger partial charge < -0.3 is 15.6 Å². The monoisotopic (exact) mass is 364 g/mol. The normalized spacial score (nSPS) is 15.4. The summed E-state index contributed by atoms with van der Waals surface area (Å²) in [6.07, 6.45) is 0. The van der Waals surface area contributed by atoms with E-state index >= 15 is 0 Å². The van der Waals surface area contributed by atoms with E-state index in [9.17, 15) is 4.79 Å². The molecule has 0 spiro atoms. The Bertz CT molecular complexity index is 1020. The van der Waals surface area contributed by atoms with Crippen LogP contribution in [0.25, 0.3) is 10.9 Å². The number of pyridine rings is 1. The molecule has 3 aromatic rings. The highest BCUT2D eigenvalue weighted by molar-refractivity contribution is 5.79. The molecular formula is C20H24N6O. The number of aromatic nitrogens is 3. The van der Waals surface area contributed by atoms with Crippen molar-refractivity contribution >= 4 is 22.7 Å². The molecule has 0 saturated carbocycles. The minimum atomic E-state index is 0.0769. The Morgan fingerprint density at radius 2 is 1.85 bits per heavy atom. The highest BCUT2D eigenvalue weighted by Crippen LogP contribution is 2.17. The van der Waals surface area contributed by atoms with E-state index in [4.69, 9.17) is 5.73 Å². The lowest BCUT2D eigenvalue weighted by Gasteiger charge is -2.35. The number of aryl methyl sites for hydroxylation is 2. The number of nitrogens with zero attached hydrogens (tertiary/aromatic N) is 4. The zero-order valence-electron chi connectivity index (χ0n) is 15.7. The number of nitrogen functional groups attached to an aromatic ring is 1. The first-order valence-corrected chi connectivity index (χ1v) is 9.19. The lowest BCUT2D eigenvalue weighted by molar-refractivity contribution is 0.247. The summed E-state index contributed by atoms with van der Waals surface area (Å²) in [7, 11) is 0. The Labute approximate surface area is 157 Å². The Balaban J connectivity index is 1.45. The van der Waals surface area contributed by atoms with Crippen molar-refractivity contribution in [2.75, 3.05) is 36.8 Å². The molecule has 3 N–H and O–H groups in total. The van der Waals surface area contributed by atoms with Gasteiger partial charge in [-0.1, -0.05) is 11.6 Å². The third-order valence-electron chi connectivity index (χ3n) is 4.99. The zero-order valence-corrected chi connectivity index (χ0v) is 15.7. The summed E-state index contributed by atoms with van der Waals surface area (Å²) in [5.41, 5.74) is 9.67. The van der Waals surface area contributed by atoms with E-state index in [-0.39, 0.29) is 5.43 Å². The Morgan fingerprint density at radius 1 is 1.07 bits per heavy atom. The van der Waals surface area contributed by atoms with Crippen LogP contribution in [0.2, 0.25) is 0 Å². The average Bonchev–Trinajstić information content (AvgIpc) is 2.62. The van der Waals surface area contributed by atoms with E-state index in [0.29, 0.717) is 5.95 Å². The molecule has 1 aromatic carbocycles. The molecular weight excluding hydrogens is 340 g/mol. The molecule has 1 aliphatic heterocycles. The number of piperazine rings is 1. The fourth-order valence-electron chi connectivity index (χ4n) is 3.61. The van der Waals surface area contributed by atoms with Crippen LogP contribution < -0.4 is 16.1 Å². The molecule has 0 aliphatic carbocycles. The maximum Gasteiger partial charge on any atom is 0.222 e. The number of benzene rings is 1. The van der Waals surface area contributed by atoms with Crippen LogP contribution in [0.4, 0.5) is 11.8 Å². The number of aromatic amines is 1. The van der Waals surface area contributed by atoms with Crippen molar-refractivity contribution in [3.05, 3.63) is 57.5 Å². The first kappa shape index (κ1) is 17.5. The van der Waals surface area contributed by atoms with Crippen molar-refractivity contribution in [3.63, 3.8) is 0 Å². The van der Waals surface area contributed by atoms with Crippen molar-refractivity contribution in [3.8, 4) is 0 Å². The van der Waals surface area contributed by atoms with Gasteiger partial charge in [0.15, 0.2) is 5.43 Å². The first-order chi connectivity index (χ1) is 13.0. The second-order valence-corrected chi connectivity index (χ2v) is 7.20. The van der Waals surface area contributed by atoms with Crippen molar-refractivity contribution < 1.29 is 0 Å². The van der Waals surface area contributed by atoms with Gasteiger partial charge in [-0.25, -0.2) is 4.98 Å². The van der Waals surface area contributed by atoms with Crippen LogP contribution in [0.3, 0.4) is 0 Å². The topological polar surface area (TPSA) is 91.1 Å². The van der Waals surface area contributed by atoms with E-state index in [0.717, 1.165) is 66.4 Å². The van der Waals surface area contributed by atoms with Crippen LogP contribution in [0, 0.1) is 13.8 Å². The molecule has 0 radical (unpaired) electrons. The highest BCUT2D eigenvalue weighted by Gasteiger charge is 2.19. The highest BCUT2D eigenvalue weighted by atomic mass is 16.1. The molecule has 0 bridgehead atoms. The van der Waals surface area contributed by atoms with Gasteiger partial charge in [0.2, 0.25) is 5.95 Å². The van der Waals surface area contributed by atoms with Crippen molar-refractivity contribution in [2.45, 2.75) is 20.4 Å². The molecule has 0 unspecified atom stereocenters. The summed E-state index contributed by atoms with van der Waals surface area (Å²) in [5.74, 6) is 1.20. The molecule has 27 heavy (non-hydrogen) atoms. The second-order valence-electron chi connectivity index (χ2n) is 7.20. The van der Waals surface area contributed by atoms with E-state index in [2.05, 4.69) is 24.8 Å². The standard InChI is InChI=1S/C20H24N6O/c1-13-3-4-17-16(9-13)18(27)11-15(23-17)12-25-5-7-26(8-6-25)19-10-14(2)22-20(21)24-19/h3-4,9-11H,5-8,12H2,1-2H3,(H,23,27)(H2,21,22,24). The van der Waals surface area contributed by atoms with Gasteiger partial charge in [-0.3, -0.25) is 9.69 Å². The Kier molecular flexibility index (Phi) is 4.53. The molecule has 1 fully saturated rings.